The van der Waals surface area contributed by atoms with Gasteiger partial charge in [-0.05, 0) is 31.4 Å². The molecule has 1 aromatic rings. The summed E-state index contributed by atoms with van der Waals surface area (Å²) in [5.74, 6) is -1.13. The van der Waals surface area contributed by atoms with Gasteiger partial charge in [0.2, 0.25) is 10.0 Å². The molecule has 116 valence electrons. The molecule has 21 heavy (non-hydrogen) atoms. The van der Waals surface area contributed by atoms with E-state index in [0.717, 1.165) is 6.42 Å². The number of para-hydroxylation sites is 1. The van der Waals surface area contributed by atoms with E-state index in [9.17, 15) is 13.2 Å². The molecule has 1 aliphatic carbocycles. The number of carboxylic acid groups (broad SMARTS) is 1. The highest BCUT2D eigenvalue weighted by molar-refractivity contribution is 7.89. The van der Waals surface area contributed by atoms with Crippen molar-refractivity contribution in [3.8, 4) is 0 Å². The molecule has 2 atom stereocenters. The second-order valence-electron chi connectivity index (χ2n) is 5.19. The SMILES string of the molecule is CCNS(=O)(=O)c1ccccc1NC1CCC(C(=O)O)C1. The van der Waals surface area contributed by atoms with Crippen molar-refractivity contribution in [3.05, 3.63) is 24.3 Å². The quantitative estimate of drug-likeness (QED) is 0.742. The number of benzene rings is 1. The van der Waals surface area contributed by atoms with Crippen LogP contribution < -0.4 is 10.0 Å². The number of rotatable bonds is 6. The Morgan fingerprint density at radius 2 is 2.05 bits per heavy atom. The molecule has 1 aliphatic rings. The van der Waals surface area contributed by atoms with E-state index in [1.165, 1.54) is 0 Å². The Morgan fingerprint density at radius 3 is 2.67 bits per heavy atom. The highest BCUT2D eigenvalue weighted by Crippen LogP contribution is 2.30. The van der Waals surface area contributed by atoms with E-state index in [1.807, 2.05) is 0 Å². The molecule has 1 aromatic carbocycles. The van der Waals surface area contributed by atoms with Crippen molar-refractivity contribution < 1.29 is 18.3 Å². The zero-order valence-electron chi connectivity index (χ0n) is 11.9. The van der Waals surface area contributed by atoms with Crippen LogP contribution in [-0.2, 0) is 14.8 Å². The number of hydrogen-bond acceptors (Lipinski definition) is 4. The lowest BCUT2D eigenvalue weighted by Crippen LogP contribution is -2.25. The van der Waals surface area contributed by atoms with Crippen LogP contribution in [0.15, 0.2) is 29.2 Å². The molecule has 0 heterocycles. The van der Waals surface area contributed by atoms with Gasteiger partial charge in [0.05, 0.1) is 11.6 Å². The Kier molecular flexibility index (Phi) is 4.84. The largest absolute Gasteiger partial charge is 0.481 e. The zero-order valence-corrected chi connectivity index (χ0v) is 12.7. The second kappa shape index (κ2) is 6.44. The van der Waals surface area contributed by atoms with E-state index in [-0.39, 0.29) is 16.9 Å². The lowest BCUT2D eigenvalue weighted by Gasteiger charge is -2.17. The van der Waals surface area contributed by atoms with Crippen LogP contribution in [0, 0.1) is 5.92 Å². The number of carbonyl (C=O) groups is 1. The molecular formula is C14H20N2O4S. The Balaban J connectivity index is 2.17. The van der Waals surface area contributed by atoms with E-state index < -0.39 is 16.0 Å². The fourth-order valence-corrected chi connectivity index (χ4v) is 3.85. The third-order valence-electron chi connectivity index (χ3n) is 3.65. The van der Waals surface area contributed by atoms with Gasteiger partial charge in [-0.2, -0.15) is 0 Å². The van der Waals surface area contributed by atoms with Crippen LogP contribution in [-0.4, -0.2) is 32.1 Å². The van der Waals surface area contributed by atoms with E-state index in [0.29, 0.717) is 25.1 Å². The van der Waals surface area contributed by atoms with Gasteiger partial charge < -0.3 is 10.4 Å². The van der Waals surface area contributed by atoms with Crippen molar-refractivity contribution in [2.75, 3.05) is 11.9 Å². The van der Waals surface area contributed by atoms with Gasteiger partial charge in [-0.25, -0.2) is 13.1 Å². The van der Waals surface area contributed by atoms with Crippen LogP contribution in [0.25, 0.3) is 0 Å². The lowest BCUT2D eigenvalue weighted by atomic mass is 10.1. The predicted molar refractivity (Wildman–Crippen MR) is 79.7 cm³/mol. The van der Waals surface area contributed by atoms with Crippen LogP contribution in [0.3, 0.4) is 0 Å². The number of aliphatic carboxylic acids is 1. The minimum atomic E-state index is -3.54. The number of hydrogen-bond donors (Lipinski definition) is 3. The molecule has 7 heteroatoms. The standard InChI is InChI=1S/C14H20N2O4S/c1-2-15-21(19,20)13-6-4-3-5-12(13)16-11-8-7-10(9-11)14(17)18/h3-6,10-11,15-16H,2,7-9H2,1H3,(H,17,18). The molecule has 1 saturated carbocycles. The minimum Gasteiger partial charge on any atom is -0.481 e. The van der Waals surface area contributed by atoms with E-state index in [1.54, 1.807) is 31.2 Å². The maximum Gasteiger partial charge on any atom is 0.306 e. The van der Waals surface area contributed by atoms with Crippen molar-refractivity contribution in [1.29, 1.82) is 0 Å². The van der Waals surface area contributed by atoms with Crippen LogP contribution >= 0.6 is 0 Å². The summed E-state index contributed by atoms with van der Waals surface area (Å²) in [5.41, 5.74) is 0.523. The summed E-state index contributed by atoms with van der Waals surface area (Å²) in [6.45, 7) is 2.04. The third kappa shape index (κ3) is 3.74. The fourth-order valence-electron chi connectivity index (χ4n) is 2.64. The molecule has 0 aliphatic heterocycles. The summed E-state index contributed by atoms with van der Waals surface area (Å²) in [6.07, 6.45) is 1.87. The van der Waals surface area contributed by atoms with Gasteiger partial charge in [-0.15, -0.1) is 0 Å². The zero-order chi connectivity index (χ0) is 15.5. The summed E-state index contributed by atoms with van der Waals surface area (Å²) in [4.78, 5) is 11.2. The minimum absolute atomic E-state index is 0.0101. The van der Waals surface area contributed by atoms with Crippen molar-refractivity contribution in [1.82, 2.24) is 4.72 Å². The van der Waals surface area contributed by atoms with E-state index in [2.05, 4.69) is 10.0 Å². The number of carboxylic acids is 1. The Hall–Kier alpha value is -1.60. The first-order valence-corrected chi connectivity index (χ1v) is 8.50. The molecule has 0 bridgehead atoms. The van der Waals surface area contributed by atoms with Crippen molar-refractivity contribution in [3.63, 3.8) is 0 Å². The molecule has 6 nitrogen and oxygen atoms in total. The van der Waals surface area contributed by atoms with Gasteiger partial charge in [0.15, 0.2) is 0 Å². The monoisotopic (exact) mass is 312 g/mol. The Morgan fingerprint density at radius 1 is 1.33 bits per heavy atom. The topological polar surface area (TPSA) is 95.5 Å². The number of anilines is 1. The average Bonchev–Trinajstić information content (AvgIpc) is 2.88. The van der Waals surface area contributed by atoms with E-state index >= 15 is 0 Å². The molecule has 1 fully saturated rings. The van der Waals surface area contributed by atoms with Gasteiger partial charge >= 0.3 is 5.97 Å². The number of sulfonamides is 1. The summed E-state index contributed by atoms with van der Waals surface area (Å²) in [5, 5.41) is 12.2. The van der Waals surface area contributed by atoms with Crippen molar-refractivity contribution in [2.45, 2.75) is 37.1 Å². The van der Waals surface area contributed by atoms with Crippen LogP contribution in [0.1, 0.15) is 26.2 Å². The molecule has 2 unspecified atom stereocenters. The molecule has 3 N–H and O–H groups in total. The Labute approximate surface area is 124 Å². The highest BCUT2D eigenvalue weighted by atomic mass is 32.2. The molecule has 0 aromatic heterocycles. The van der Waals surface area contributed by atoms with Gasteiger partial charge in [-0.1, -0.05) is 19.1 Å². The summed E-state index contributed by atoms with van der Waals surface area (Å²) >= 11 is 0. The summed E-state index contributed by atoms with van der Waals surface area (Å²) in [6, 6.07) is 6.67. The van der Waals surface area contributed by atoms with Crippen molar-refractivity contribution in [2.24, 2.45) is 5.92 Å². The first-order valence-electron chi connectivity index (χ1n) is 7.02. The molecule has 0 radical (unpaired) electrons. The summed E-state index contributed by atoms with van der Waals surface area (Å²) < 4.78 is 26.8. The normalized spacial score (nSPS) is 22.1. The smallest absolute Gasteiger partial charge is 0.306 e. The maximum atomic E-state index is 12.2. The third-order valence-corrected chi connectivity index (χ3v) is 5.26. The first kappa shape index (κ1) is 15.8. The number of nitrogens with one attached hydrogen (secondary N) is 2. The summed E-state index contributed by atoms with van der Waals surface area (Å²) in [7, 11) is -3.54. The van der Waals surface area contributed by atoms with Crippen LogP contribution in [0.2, 0.25) is 0 Å². The molecule has 2 rings (SSSR count). The van der Waals surface area contributed by atoms with Gasteiger partial charge in [0.1, 0.15) is 4.90 Å². The van der Waals surface area contributed by atoms with Gasteiger partial charge in [0.25, 0.3) is 0 Å². The second-order valence-corrected chi connectivity index (χ2v) is 6.92. The average molecular weight is 312 g/mol. The van der Waals surface area contributed by atoms with Crippen LogP contribution in [0.5, 0.6) is 0 Å². The molecule has 0 saturated heterocycles. The van der Waals surface area contributed by atoms with Gasteiger partial charge in [-0.3, -0.25) is 4.79 Å². The fraction of sp³-hybridized carbons (Fsp3) is 0.500. The van der Waals surface area contributed by atoms with Crippen molar-refractivity contribution >= 4 is 21.7 Å². The molecular weight excluding hydrogens is 292 g/mol. The molecule has 0 amide bonds. The van der Waals surface area contributed by atoms with E-state index in [4.69, 9.17) is 5.11 Å². The van der Waals surface area contributed by atoms with Crippen LogP contribution in [0.4, 0.5) is 5.69 Å². The lowest BCUT2D eigenvalue weighted by molar-refractivity contribution is -0.141. The van der Waals surface area contributed by atoms with Gasteiger partial charge in [0, 0.05) is 12.6 Å². The first-order chi connectivity index (χ1) is 9.94. The highest BCUT2D eigenvalue weighted by Gasteiger charge is 2.30. The molecule has 0 spiro atoms. The Bertz CT molecular complexity index is 615. The maximum absolute atomic E-state index is 12.2. The predicted octanol–water partition coefficient (Wildman–Crippen LogP) is 1.65.